The molecule has 0 aliphatic carbocycles. The van der Waals surface area contributed by atoms with E-state index in [1.807, 2.05) is 29.6 Å². The highest BCUT2D eigenvalue weighted by Crippen LogP contribution is 2.26. The third-order valence-electron chi connectivity index (χ3n) is 1.79. The maximum absolute atomic E-state index is 5.90. The maximum atomic E-state index is 5.90. The van der Waals surface area contributed by atoms with Crippen LogP contribution in [0, 0.1) is 0 Å². The maximum Gasteiger partial charge on any atom is 0.123 e. The first-order chi connectivity index (χ1) is 6.79. The summed E-state index contributed by atoms with van der Waals surface area (Å²) in [6.45, 7) is 0. The van der Waals surface area contributed by atoms with Crippen molar-refractivity contribution in [2.45, 2.75) is 5.75 Å². The summed E-state index contributed by atoms with van der Waals surface area (Å²) in [5.74, 6) is 0.678. The second-order valence-electron chi connectivity index (χ2n) is 2.81. The molecule has 0 fully saturated rings. The zero-order valence-electron chi connectivity index (χ0n) is 7.27. The molecule has 0 amide bonds. The van der Waals surface area contributed by atoms with Crippen LogP contribution in [0.4, 0.5) is 0 Å². The highest BCUT2D eigenvalue weighted by molar-refractivity contribution is 7.79. The Morgan fingerprint density at radius 1 is 1.43 bits per heavy atom. The topological polar surface area (TPSA) is 12.9 Å². The van der Waals surface area contributed by atoms with E-state index in [2.05, 4.69) is 17.6 Å². The SMILES string of the molecule is SCc1csc(-c2cccc(Cl)c2)n1. The van der Waals surface area contributed by atoms with Gasteiger partial charge in [0, 0.05) is 21.7 Å². The third-order valence-corrected chi connectivity index (χ3v) is 3.28. The Labute approximate surface area is 97.2 Å². The number of nitrogens with zero attached hydrogens (tertiary/aromatic N) is 1. The molecule has 0 atom stereocenters. The second-order valence-corrected chi connectivity index (χ2v) is 4.42. The van der Waals surface area contributed by atoms with Crippen LogP contribution < -0.4 is 0 Å². The Kier molecular flexibility index (Phi) is 3.11. The Morgan fingerprint density at radius 2 is 2.29 bits per heavy atom. The molecular weight excluding hydrogens is 234 g/mol. The van der Waals surface area contributed by atoms with Crippen LogP contribution in [0.1, 0.15) is 5.69 Å². The summed E-state index contributed by atoms with van der Waals surface area (Å²) < 4.78 is 0. The van der Waals surface area contributed by atoms with E-state index < -0.39 is 0 Å². The first-order valence-electron chi connectivity index (χ1n) is 4.11. The fraction of sp³-hybridized carbons (Fsp3) is 0.100. The van der Waals surface area contributed by atoms with Crippen molar-refractivity contribution in [3.05, 3.63) is 40.4 Å². The van der Waals surface area contributed by atoms with E-state index >= 15 is 0 Å². The van der Waals surface area contributed by atoms with Crippen molar-refractivity contribution in [2.75, 3.05) is 0 Å². The van der Waals surface area contributed by atoms with Gasteiger partial charge in [0.05, 0.1) is 5.69 Å². The minimum absolute atomic E-state index is 0.678. The highest BCUT2D eigenvalue weighted by atomic mass is 35.5. The van der Waals surface area contributed by atoms with Crippen LogP contribution in [0.15, 0.2) is 29.6 Å². The van der Waals surface area contributed by atoms with Gasteiger partial charge in [0.15, 0.2) is 0 Å². The van der Waals surface area contributed by atoms with Crippen molar-refractivity contribution in [1.29, 1.82) is 0 Å². The van der Waals surface area contributed by atoms with Gasteiger partial charge in [-0.15, -0.1) is 11.3 Å². The summed E-state index contributed by atoms with van der Waals surface area (Å²) in [6.07, 6.45) is 0. The van der Waals surface area contributed by atoms with Crippen molar-refractivity contribution >= 4 is 35.6 Å². The Balaban J connectivity index is 2.39. The van der Waals surface area contributed by atoms with E-state index in [-0.39, 0.29) is 0 Å². The molecule has 0 unspecified atom stereocenters. The lowest BCUT2D eigenvalue weighted by Gasteiger charge is -1.95. The van der Waals surface area contributed by atoms with Crippen LogP contribution >= 0.6 is 35.6 Å². The molecular formula is C10H8ClNS2. The van der Waals surface area contributed by atoms with Crippen molar-refractivity contribution in [1.82, 2.24) is 4.98 Å². The predicted molar refractivity (Wildman–Crippen MR) is 65.3 cm³/mol. The highest BCUT2D eigenvalue weighted by Gasteiger charge is 2.03. The summed E-state index contributed by atoms with van der Waals surface area (Å²) >= 11 is 11.7. The molecule has 1 heterocycles. The van der Waals surface area contributed by atoms with E-state index in [0.717, 1.165) is 21.3 Å². The molecule has 0 bridgehead atoms. The minimum Gasteiger partial charge on any atom is -0.240 e. The van der Waals surface area contributed by atoms with E-state index in [0.29, 0.717) is 5.75 Å². The molecule has 1 aromatic heterocycles. The summed E-state index contributed by atoms with van der Waals surface area (Å²) in [7, 11) is 0. The third kappa shape index (κ3) is 2.11. The van der Waals surface area contributed by atoms with Gasteiger partial charge in [0.2, 0.25) is 0 Å². The molecule has 0 N–H and O–H groups in total. The van der Waals surface area contributed by atoms with Crippen LogP contribution in [-0.4, -0.2) is 4.98 Å². The van der Waals surface area contributed by atoms with Crippen LogP contribution in [0.2, 0.25) is 5.02 Å². The number of halogens is 1. The lowest BCUT2D eigenvalue weighted by atomic mass is 10.2. The number of hydrogen-bond acceptors (Lipinski definition) is 3. The fourth-order valence-electron chi connectivity index (χ4n) is 1.13. The van der Waals surface area contributed by atoms with Crippen LogP contribution in [0.3, 0.4) is 0 Å². The number of thiol groups is 1. The van der Waals surface area contributed by atoms with Gasteiger partial charge in [-0.2, -0.15) is 12.6 Å². The van der Waals surface area contributed by atoms with Gasteiger partial charge in [-0.25, -0.2) is 4.98 Å². The molecule has 1 aromatic carbocycles. The van der Waals surface area contributed by atoms with E-state index in [9.17, 15) is 0 Å². The number of hydrogen-bond donors (Lipinski definition) is 1. The largest absolute Gasteiger partial charge is 0.240 e. The second kappa shape index (κ2) is 4.34. The quantitative estimate of drug-likeness (QED) is 0.787. The summed E-state index contributed by atoms with van der Waals surface area (Å²) in [4.78, 5) is 4.42. The first kappa shape index (κ1) is 10.0. The minimum atomic E-state index is 0.678. The number of benzene rings is 1. The van der Waals surface area contributed by atoms with Gasteiger partial charge in [-0.3, -0.25) is 0 Å². The average Bonchev–Trinajstić information content (AvgIpc) is 2.66. The van der Waals surface area contributed by atoms with Gasteiger partial charge in [0.25, 0.3) is 0 Å². The van der Waals surface area contributed by atoms with Crippen LogP contribution in [0.5, 0.6) is 0 Å². The molecule has 2 rings (SSSR count). The van der Waals surface area contributed by atoms with E-state index in [1.54, 1.807) is 11.3 Å². The van der Waals surface area contributed by atoms with Gasteiger partial charge in [-0.05, 0) is 12.1 Å². The molecule has 0 spiro atoms. The molecule has 1 nitrogen and oxygen atoms in total. The smallest absolute Gasteiger partial charge is 0.123 e. The number of rotatable bonds is 2. The number of thiazole rings is 1. The Hall–Kier alpha value is -0.510. The molecule has 2 aromatic rings. The molecule has 4 heteroatoms. The van der Waals surface area contributed by atoms with Crippen molar-refractivity contribution in [3.63, 3.8) is 0 Å². The fourth-order valence-corrected chi connectivity index (χ4v) is 2.43. The lowest BCUT2D eigenvalue weighted by molar-refractivity contribution is 1.24. The van der Waals surface area contributed by atoms with Crippen molar-refractivity contribution in [3.8, 4) is 10.6 Å². The van der Waals surface area contributed by atoms with Crippen LogP contribution in [0.25, 0.3) is 10.6 Å². The predicted octanol–water partition coefficient (Wildman–Crippen LogP) is 3.89. The zero-order valence-corrected chi connectivity index (χ0v) is 9.74. The average molecular weight is 242 g/mol. The van der Waals surface area contributed by atoms with Gasteiger partial charge in [0.1, 0.15) is 5.01 Å². The standard InChI is InChI=1S/C10H8ClNS2/c11-8-3-1-2-7(4-8)10-12-9(5-13)6-14-10/h1-4,6,13H,5H2. The van der Waals surface area contributed by atoms with Gasteiger partial charge >= 0.3 is 0 Å². The van der Waals surface area contributed by atoms with Gasteiger partial charge in [-0.1, -0.05) is 23.7 Å². The summed E-state index contributed by atoms with van der Waals surface area (Å²) in [6, 6.07) is 7.72. The zero-order chi connectivity index (χ0) is 9.97. The van der Waals surface area contributed by atoms with E-state index in [1.165, 1.54) is 0 Å². The first-order valence-corrected chi connectivity index (χ1v) is 6.00. The molecule has 0 saturated carbocycles. The van der Waals surface area contributed by atoms with Crippen molar-refractivity contribution in [2.24, 2.45) is 0 Å². The molecule has 0 saturated heterocycles. The summed E-state index contributed by atoms with van der Waals surface area (Å²) in [5, 5.41) is 3.75. The van der Waals surface area contributed by atoms with E-state index in [4.69, 9.17) is 11.6 Å². The Morgan fingerprint density at radius 3 is 2.93 bits per heavy atom. The lowest BCUT2D eigenvalue weighted by Crippen LogP contribution is -1.79. The normalized spacial score (nSPS) is 10.4. The molecule has 0 aliphatic heterocycles. The Bertz CT molecular complexity index is 439. The van der Waals surface area contributed by atoms with Crippen molar-refractivity contribution < 1.29 is 0 Å². The van der Waals surface area contributed by atoms with Crippen LogP contribution in [-0.2, 0) is 5.75 Å². The number of aromatic nitrogens is 1. The monoisotopic (exact) mass is 241 g/mol. The molecule has 72 valence electrons. The van der Waals surface area contributed by atoms with Gasteiger partial charge < -0.3 is 0 Å². The summed E-state index contributed by atoms with van der Waals surface area (Å²) in [5.41, 5.74) is 2.07. The molecule has 14 heavy (non-hydrogen) atoms. The molecule has 0 aliphatic rings. The molecule has 0 radical (unpaired) electrons.